The lowest BCUT2D eigenvalue weighted by Crippen LogP contribution is -2.64. The zero-order valence-corrected chi connectivity index (χ0v) is 19.3. The molecule has 0 spiro atoms. The second-order valence-electron chi connectivity index (χ2n) is 10.4. The third-order valence-corrected chi connectivity index (χ3v) is 9.00. The van der Waals surface area contributed by atoms with Crippen LogP contribution in [0.4, 0.5) is 0 Å². The molecule has 4 aliphatic carbocycles. The number of Topliss-reactive ketones (excluding diaryl/α,β-unsaturated/α-hetero) is 1. The van der Waals surface area contributed by atoms with E-state index in [9.17, 15) is 29.4 Å². The van der Waals surface area contributed by atoms with Gasteiger partial charge in [0.1, 0.15) is 6.10 Å². The number of fused-ring (bicyclic) bond motifs is 5. The van der Waals surface area contributed by atoms with Crippen molar-refractivity contribution in [1.29, 1.82) is 0 Å². The van der Waals surface area contributed by atoms with E-state index in [1.165, 1.54) is 0 Å². The van der Waals surface area contributed by atoms with Gasteiger partial charge in [-0.2, -0.15) is 0 Å². The molecule has 180 valence electrons. The number of hydrogen-bond donors (Lipinski definition) is 2. The van der Waals surface area contributed by atoms with E-state index in [0.29, 0.717) is 19.3 Å². The molecule has 0 saturated heterocycles. The van der Waals surface area contributed by atoms with E-state index in [1.807, 2.05) is 13.0 Å². The SMILES string of the molecule is CCC(=O)OCC(=O)[C@@]1(O)C(O)C[C@H]2[C@@H]3CCC4=CC(=O)C=C[C@]4(C)[C@H]3[C@H](OC=O)C[C@@]21C. The van der Waals surface area contributed by atoms with Gasteiger partial charge in [-0.15, -0.1) is 0 Å². The molecule has 0 heterocycles. The maximum Gasteiger partial charge on any atom is 0.305 e. The van der Waals surface area contributed by atoms with Crippen molar-refractivity contribution in [1.82, 2.24) is 0 Å². The number of allylic oxidation sites excluding steroid dienone is 4. The molecule has 1 unspecified atom stereocenters. The number of hydrogen-bond acceptors (Lipinski definition) is 8. The van der Waals surface area contributed by atoms with Crippen LogP contribution in [0, 0.1) is 28.6 Å². The third kappa shape index (κ3) is 3.33. The van der Waals surface area contributed by atoms with E-state index >= 15 is 0 Å². The quantitative estimate of drug-likeness (QED) is 0.453. The number of rotatable bonds is 6. The monoisotopic (exact) mass is 460 g/mol. The predicted molar refractivity (Wildman–Crippen MR) is 116 cm³/mol. The standard InChI is InChI=1S/C25H32O8/c1-4-21(30)32-12-20(29)25(31)19(28)10-17-16-6-5-14-9-15(27)7-8-23(14,2)22(16)18(33-13-26)11-24(17,25)3/h7-9,13,16-19,22,28,31H,4-6,10-12H2,1-3H3/t16-,17-,18+,19?,22+,23-,24-,25-/m0/s1. The lowest BCUT2D eigenvalue weighted by molar-refractivity contribution is -0.197. The highest BCUT2D eigenvalue weighted by Gasteiger charge is 2.72. The minimum absolute atomic E-state index is 0.0524. The highest BCUT2D eigenvalue weighted by molar-refractivity contribution is 6.01. The van der Waals surface area contributed by atoms with Crippen molar-refractivity contribution in [2.45, 2.75) is 70.7 Å². The summed E-state index contributed by atoms with van der Waals surface area (Å²) in [6, 6.07) is 0. The van der Waals surface area contributed by atoms with Crippen molar-refractivity contribution in [2.75, 3.05) is 6.61 Å². The first-order valence-electron chi connectivity index (χ1n) is 11.7. The second kappa shape index (κ2) is 8.17. The minimum Gasteiger partial charge on any atom is -0.464 e. The van der Waals surface area contributed by atoms with Crippen molar-refractivity contribution in [3.05, 3.63) is 23.8 Å². The minimum atomic E-state index is -2.13. The molecule has 0 aromatic carbocycles. The summed E-state index contributed by atoms with van der Waals surface area (Å²) in [5.41, 5.74) is -2.71. The molecule has 0 bridgehead atoms. The van der Waals surface area contributed by atoms with Gasteiger partial charge in [0.15, 0.2) is 18.0 Å². The van der Waals surface area contributed by atoms with Crippen molar-refractivity contribution in [3.63, 3.8) is 0 Å². The fourth-order valence-corrected chi connectivity index (χ4v) is 7.36. The van der Waals surface area contributed by atoms with Crippen LogP contribution in [0.5, 0.6) is 0 Å². The normalized spacial score (nSPS) is 43.6. The van der Waals surface area contributed by atoms with Crippen LogP contribution in [0.15, 0.2) is 23.8 Å². The van der Waals surface area contributed by atoms with Crippen molar-refractivity contribution in [2.24, 2.45) is 28.6 Å². The Bertz CT molecular complexity index is 937. The van der Waals surface area contributed by atoms with E-state index < -0.39 is 47.0 Å². The molecule has 8 nitrogen and oxygen atoms in total. The summed E-state index contributed by atoms with van der Waals surface area (Å²) in [7, 11) is 0. The Morgan fingerprint density at radius 1 is 1.30 bits per heavy atom. The van der Waals surface area contributed by atoms with Crippen LogP contribution in [0.1, 0.15) is 52.9 Å². The number of carbonyl (C=O) groups is 4. The fraction of sp³-hybridized carbons (Fsp3) is 0.680. The molecule has 0 amide bonds. The summed E-state index contributed by atoms with van der Waals surface area (Å²) in [6.45, 7) is 5.17. The molecule has 8 atom stereocenters. The summed E-state index contributed by atoms with van der Waals surface area (Å²) < 4.78 is 10.6. The Balaban J connectivity index is 1.73. The van der Waals surface area contributed by atoms with Gasteiger partial charge in [0, 0.05) is 23.2 Å². The third-order valence-electron chi connectivity index (χ3n) is 9.00. The Hall–Kier alpha value is -2.32. The highest BCUT2D eigenvalue weighted by Crippen LogP contribution is 2.67. The number of ketones is 2. The molecule has 0 aromatic heterocycles. The Morgan fingerprint density at radius 2 is 2.03 bits per heavy atom. The summed E-state index contributed by atoms with van der Waals surface area (Å²) in [5.74, 6) is -1.80. The van der Waals surface area contributed by atoms with Crippen LogP contribution >= 0.6 is 0 Å². The van der Waals surface area contributed by atoms with Gasteiger partial charge in [0.2, 0.25) is 5.78 Å². The smallest absolute Gasteiger partial charge is 0.305 e. The van der Waals surface area contributed by atoms with Gasteiger partial charge in [0.05, 0.1) is 6.10 Å². The van der Waals surface area contributed by atoms with Gasteiger partial charge in [-0.3, -0.25) is 19.2 Å². The molecule has 3 saturated carbocycles. The molecule has 2 N–H and O–H groups in total. The van der Waals surface area contributed by atoms with Crippen LogP contribution < -0.4 is 0 Å². The van der Waals surface area contributed by atoms with Crippen molar-refractivity contribution < 1.29 is 38.9 Å². The fourth-order valence-electron chi connectivity index (χ4n) is 7.36. The largest absolute Gasteiger partial charge is 0.464 e. The van der Waals surface area contributed by atoms with Gasteiger partial charge in [-0.1, -0.05) is 32.4 Å². The molecular weight excluding hydrogens is 428 g/mol. The van der Waals surface area contributed by atoms with E-state index in [4.69, 9.17) is 9.47 Å². The summed E-state index contributed by atoms with van der Waals surface area (Å²) in [5, 5.41) is 22.7. The van der Waals surface area contributed by atoms with Crippen LogP contribution in [-0.2, 0) is 28.7 Å². The molecule has 0 aromatic rings. The van der Waals surface area contributed by atoms with E-state index in [0.717, 1.165) is 5.57 Å². The lowest BCUT2D eigenvalue weighted by atomic mass is 9.46. The zero-order chi connectivity index (χ0) is 24.2. The van der Waals surface area contributed by atoms with Crippen LogP contribution in [0.25, 0.3) is 0 Å². The summed E-state index contributed by atoms with van der Waals surface area (Å²) in [6.07, 6.45) is 4.98. The van der Waals surface area contributed by atoms with E-state index in [1.54, 1.807) is 26.0 Å². The number of esters is 1. The molecule has 0 radical (unpaired) electrons. The maximum atomic E-state index is 13.2. The molecular formula is C25H32O8. The summed E-state index contributed by atoms with van der Waals surface area (Å²) >= 11 is 0. The molecule has 4 aliphatic rings. The molecule has 3 fully saturated rings. The number of ether oxygens (including phenoxy) is 2. The molecule has 8 heteroatoms. The van der Waals surface area contributed by atoms with E-state index in [2.05, 4.69) is 0 Å². The van der Waals surface area contributed by atoms with Crippen molar-refractivity contribution >= 4 is 24.0 Å². The maximum absolute atomic E-state index is 13.2. The van der Waals surface area contributed by atoms with E-state index in [-0.39, 0.29) is 42.8 Å². The average Bonchev–Trinajstić information content (AvgIpc) is 2.99. The number of aliphatic hydroxyl groups excluding tert-OH is 1. The van der Waals surface area contributed by atoms with Gasteiger partial charge >= 0.3 is 5.97 Å². The first-order valence-corrected chi connectivity index (χ1v) is 11.7. The average molecular weight is 461 g/mol. The van der Waals surface area contributed by atoms with Gasteiger partial charge in [-0.05, 0) is 49.7 Å². The van der Waals surface area contributed by atoms with Gasteiger partial charge in [-0.25, -0.2) is 0 Å². The van der Waals surface area contributed by atoms with Gasteiger partial charge in [0.25, 0.3) is 6.47 Å². The first kappa shape index (κ1) is 23.8. The predicted octanol–water partition coefficient (Wildman–Crippen LogP) is 1.67. The van der Waals surface area contributed by atoms with Crippen LogP contribution in [0.3, 0.4) is 0 Å². The zero-order valence-electron chi connectivity index (χ0n) is 19.3. The van der Waals surface area contributed by atoms with Gasteiger partial charge < -0.3 is 19.7 Å². The second-order valence-corrected chi connectivity index (χ2v) is 10.4. The molecule has 4 rings (SSSR count). The Morgan fingerprint density at radius 3 is 2.70 bits per heavy atom. The topological polar surface area (TPSA) is 127 Å². The molecule has 0 aliphatic heterocycles. The summed E-state index contributed by atoms with van der Waals surface area (Å²) in [4.78, 5) is 48.2. The number of aliphatic hydroxyl groups is 2. The number of carbonyl (C=O) groups excluding carboxylic acids is 4. The highest BCUT2D eigenvalue weighted by atomic mass is 16.5. The van der Waals surface area contributed by atoms with Crippen LogP contribution in [0.2, 0.25) is 0 Å². The van der Waals surface area contributed by atoms with Crippen LogP contribution in [-0.4, -0.2) is 58.6 Å². The first-order chi connectivity index (χ1) is 15.5. The Labute approximate surface area is 193 Å². The van der Waals surface area contributed by atoms with Crippen molar-refractivity contribution in [3.8, 4) is 0 Å². The molecule has 33 heavy (non-hydrogen) atoms. The Kier molecular flexibility index (Phi) is 5.90. The lowest BCUT2D eigenvalue weighted by Gasteiger charge is -2.59.